The zero-order chi connectivity index (χ0) is 33.9. The first-order valence-electron chi connectivity index (χ1n) is 13.8. The minimum Gasteiger partial charge on any atom is -0.493 e. The van der Waals surface area contributed by atoms with Gasteiger partial charge >= 0.3 is 18.0 Å². The molecule has 12 nitrogen and oxygen atoms in total. The first-order chi connectivity index (χ1) is 22.5. The van der Waals surface area contributed by atoms with Gasteiger partial charge in [0.25, 0.3) is 10.0 Å². The summed E-state index contributed by atoms with van der Waals surface area (Å²) in [6.07, 6.45) is 1.47. The van der Waals surface area contributed by atoms with E-state index in [9.17, 15) is 22.8 Å². The highest BCUT2D eigenvalue weighted by Crippen LogP contribution is 2.35. The number of carbonyl (C=O) groups excluding carboxylic acids is 3. The quantitative estimate of drug-likeness (QED) is 0.164. The third-order valence-corrected chi connectivity index (χ3v) is 9.67. The Morgan fingerprint density at radius 3 is 2.28 bits per heavy atom. The summed E-state index contributed by atoms with van der Waals surface area (Å²) in [5.74, 6) is -2.50. The highest BCUT2D eigenvalue weighted by Gasteiger charge is 2.27. The zero-order valence-electron chi connectivity index (χ0n) is 25.5. The van der Waals surface area contributed by atoms with Crippen molar-refractivity contribution in [2.75, 3.05) is 32.0 Å². The van der Waals surface area contributed by atoms with Crippen molar-refractivity contribution in [3.8, 4) is 11.5 Å². The summed E-state index contributed by atoms with van der Waals surface area (Å²) < 4.78 is 64.1. The number of anilines is 2. The molecule has 2 aromatic heterocycles. The number of methoxy groups -OCH3 is 3. The average Bonchev–Trinajstić information content (AvgIpc) is 3.69. The summed E-state index contributed by atoms with van der Waals surface area (Å²) in [5.41, 5.74) is 1.25. The van der Waals surface area contributed by atoms with E-state index in [1.54, 1.807) is 36.4 Å². The minimum atomic E-state index is -3.95. The maximum atomic E-state index is 15.1. The third-order valence-electron chi connectivity index (χ3n) is 7.02. The number of amides is 2. The van der Waals surface area contributed by atoms with Crippen molar-refractivity contribution in [1.29, 1.82) is 0 Å². The molecule has 244 valence electrons. The molecule has 15 heteroatoms. The van der Waals surface area contributed by atoms with Crippen molar-refractivity contribution in [3.05, 3.63) is 99.6 Å². The molecule has 0 saturated carbocycles. The lowest BCUT2D eigenvalue weighted by molar-refractivity contribution is 0.0561. The Labute approximate surface area is 272 Å². The Morgan fingerprint density at radius 1 is 0.894 bits per heavy atom. The van der Waals surface area contributed by atoms with Crippen LogP contribution in [0.15, 0.2) is 77.1 Å². The van der Waals surface area contributed by atoms with Crippen molar-refractivity contribution in [2.45, 2.75) is 18.4 Å². The van der Waals surface area contributed by atoms with Gasteiger partial charge in [0.15, 0.2) is 17.3 Å². The highest BCUT2D eigenvalue weighted by molar-refractivity contribution is 7.90. The molecule has 0 spiro atoms. The molecule has 5 rings (SSSR count). The van der Waals surface area contributed by atoms with Crippen LogP contribution in [0.5, 0.6) is 11.5 Å². The zero-order valence-corrected chi connectivity index (χ0v) is 27.1. The molecule has 0 atom stereocenters. The van der Waals surface area contributed by atoms with Crippen LogP contribution in [0.1, 0.15) is 31.2 Å². The fourth-order valence-electron chi connectivity index (χ4n) is 4.71. The number of halogens is 1. The van der Waals surface area contributed by atoms with Crippen molar-refractivity contribution in [1.82, 2.24) is 3.97 Å². The maximum absolute atomic E-state index is 15.1. The minimum absolute atomic E-state index is 0.0109. The number of fused-ring (bicyclic) bond motifs is 1. The molecule has 0 saturated heterocycles. The van der Waals surface area contributed by atoms with Crippen LogP contribution in [0, 0.1) is 12.7 Å². The molecule has 2 amide bonds. The number of esters is 2. The number of benzene rings is 3. The van der Waals surface area contributed by atoms with E-state index in [4.69, 9.17) is 14.2 Å². The number of hydrogen-bond donors (Lipinski definition) is 2. The number of ether oxygens (including phenoxy) is 4. The summed E-state index contributed by atoms with van der Waals surface area (Å²) in [7, 11) is -0.385. The summed E-state index contributed by atoms with van der Waals surface area (Å²) >= 11 is 0.851. The number of carbonyl (C=O) groups is 3. The van der Waals surface area contributed by atoms with E-state index >= 15 is 4.39 Å². The Morgan fingerprint density at radius 2 is 1.60 bits per heavy atom. The van der Waals surface area contributed by atoms with Gasteiger partial charge in [-0.25, -0.2) is 31.2 Å². The van der Waals surface area contributed by atoms with Crippen LogP contribution in [0.4, 0.5) is 20.6 Å². The van der Waals surface area contributed by atoms with Gasteiger partial charge in [-0.3, -0.25) is 0 Å². The third kappa shape index (κ3) is 6.62. The van der Waals surface area contributed by atoms with Gasteiger partial charge in [-0.2, -0.15) is 0 Å². The Kier molecular flexibility index (Phi) is 9.49. The van der Waals surface area contributed by atoms with Gasteiger partial charge in [-0.15, -0.1) is 11.3 Å². The van der Waals surface area contributed by atoms with E-state index in [0.29, 0.717) is 16.5 Å². The fraction of sp³-hybridized carbons (Fsp3) is 0.156. The normalized spacial score (nSPS) is 11.2. The van der Waals surface area contributed by atoms with E-state index in [2.05, 4.69) is 15.4 Å². The first-order valence-corrected chi connectivity index (χ1v) is 16.1. The van der Waals surface area contributed by atoms with Crippen molar-refractivity contribution >= 4 is 61.6 Å². The summed E-state index contributed by atoms with van der Waals surface area (Å²) in [4.78, 5) is 37.4. The number of rotatable bonds is 10. The predicted octanol–water partition coefficient (Wildman–Crippen LogP) is 6.19. The van der Waals surface area contributed by atoms with E-state index < -0.39 is 33.8 Å². The molecule has 0 radical (unpaired) electrons. The molecule has 47 heavy (non-hydrogen) atoms. The first kappa shape index (κ1) is 33.0. The molecule has 0 unspecified atom stereocenters. The lowest BCUT2D eigenvalue weighted by Crippen LogP contribution is -2.22. The number of nitrogens with one attached hydrogen (secondary N) is 2. The highest BCUT2D eigenvalue weighted by atomic mass is 32.2. The second-order valence-corrected chi connectivity index (χ2v) is 12.7. The second kappa shape index (κ2) is 13.5. The lowest BCUT2D eigenvalue weighted by atomic mass is 10.1. The van der Waals surface area contributed by atoms with E-state index in [-0.39, 0.29) is 44.8 Å². The molecular formula is C32H28FN3O9S2. The molecule has 2 heterocycles. The van der Waals surface area contributed by atoms with E-state index in [0.717, 1.165) is 37.2 Å². The second-order valence-electron chi connectivity index (χ2n) is 9.97. The molecule has 0 bridgehead atoms. The van der Waals surface area contributed by atoms with E-state index in [1.165, 1.54) is 40.9 Å². The number of aryl methyl sites for hydroxylation is 1. The smallest absolute Gasteiger partial charge is 0.349 e. The monoisotopic (exact) mass is 681 g/mol. The molecule has 3 aromatic carbocycles. The largest absolute Gasteiger partial charge is 0.493 e. The van der Waals surface area contributed by atoms with E-state index in [1.807, 2.05) is 6.92 Å². The number of para-hydroxylation sites is 1. The fourth-order valence-corrected chi connectivity index (χ4v) is 7.00. The van der Waals surface area contributed by atoms with Gasteiger partial charge in [0, 0.05) is 34.7 Å². The molecule has 5 aromatic rings. The van der Waals surface area contributed by atoms with Crippen LogP contribution in [-0.2, 0) is 26.1 Å². The number of nitrogens with zero attached hydrogens (tertiary/aromatic N) is 1. The van der Waals surface area contributed by atoms with Crippen LogP contribution in [0.3, 0.4) is 0 Å². The van der Waals surface area contributed by atoms with Crippen LogP contribution in [0.25, 0.3) is 10.9 Å². The van der Waals surface area contributed by atoms with Crippen molar-refractivity contribution in [2.24, 2.45) is 0 Å². The summed E-state index contributed by atoms with van der Waals surface area (Å²) in [5, 5.41) is 6.76. The van der Waals surface area contributed by atoms with Gasteiger partial charge in [0.05, 0.1) is 43.1 Å². The molecule has 0 aliphatic heterocycles. The summed E-state index contributed by atoms with van der Waals surface area (Å²) in [6.45, 7) is 1.72. The van der Waals surface area contributed by atoms with Crippen molar-refractivity contribution in [3.63, 3.8) is 0 Å². The molecule has 2 N–H and O–H groups in total. The van der Waals surface area contributed by atoms with Gasteiger partial charge in [0.1, 0.15) is 17.0 Å². The molecular weight excluding hydrogens is 653 g/mol. The molecule has 0 aliphatic carbocycles. The predicted molar refractivity (Wildman–Crippen MR) is 173 cm³/mol. The standard InChI is InChI=1S/C32H28FN3O9S2/c1-18-8-10-21(11-9-18)47(40,41)36-13-12-19-6-5-7-20(28(19)36)16-45-26-15-23(22(33)14-25(26)42-2)34-32(39)35-24-17-46-29(31(38)44-4)27(24)30(37)43-3/h5-15,17H,16H2,1-4H3,(H2,34,35,39). The van der Waals surface area contributed by atoms with Gasteiger partial charge in [-0.1, -0.05) is 35.9 Å². The average molecular weight is 682 g/mol. The SMILES string of the molecule is COC(=O)c1scc(NC(=O)Nc2cc(OCc3cccc4ccn(S(=O)(=O)c5ccc(C)cc5)c34)c(OC)cc2F)c1C(=O)OC. The lowest BCUT2D eigenvalue weighted by Gasteiger charge is -2.16. The number of aromatic nitrogens is 1. The Balaban J connectivity index is 1.41. The van der Waals surface area contributed by atoms with Gasteiger partial charge < -0.3 is 29.6 Å². The van der Waals surface area contributed by atoms with Gasteiger partial charge in [0.2, 0.25) is 0 Å². The molecule has 0 aliphatic rings. The maximum Gasteiger partial charge on any atom is 0.349 e. The summed E-state index contributed by atoms with van der Waals surface area (Å²) in [6, 6.07) is 14.7. The van der Waals surface area contributed by atoms with Crippen LogP contribution in [0.2, 0.25) is 0 Å². The van der Waals surface area contributed by atoms with Crippen molar-refractivity contribution < 1.29 is 46.1 Å². The Bertz CT molecular complexity index is 2110. The number of thiophene rings is 1. The van der Waals surface area contributed by atoms with Crippen LogP contribution >= 0.6 is 11.3 Å². The number of hydrogen-bond acceptors (Lipinski definition) is 10. The number of urea groups is 1. The van der Waals surface area contributed by atoms with Crippen LogP contribution < -0.4 is 20.1 Å². The molecule has 0 fully saturated rings. The topological polar surface area (TPSA) is 151 Å². The van der Waals surface area contributed by atoms with Crippen LogP contribution in [-0.4, -0.2) is 51.7 Å². The van der Waals surface area contributed by atoms with Gasteiger partial charge in [-0.05, 0) is 25.1 Å². The Hall–Kier alpha value is -5.41.